The molecule has 36 heavy (non-hydrogen) atoms. The second kappa shape index (κ2) is 13.6. The molecule has 1 rings (SSSR count). The number of benzene rings is 1. The molecule has 0 radical (unpaired) electrons. The van der Waals surface area contributed by atoms with Gasteiger partial charge in [0.1, 0.15) is 29.9 Å². The van der Waals surface area contributed by atoms with Gasteiger partial charge in [-0.15, -0.1) is 0 Å². The predicted octanol–water partition coefficient (Wildman–Crippen LogP) is -3.47. The van der Waals surface area contributed by atoms with Crippen molar-refractivity contribution in [3.05, 3.63) is 29.8 Å². The number of rotatable bonds is 14. The van der Waals surface area contributed by atoms with E-state index in [1.165, 1.54) is 31.2 Å². The number of carboxylic acid groups (broad SMARTS) is 2. The Bertz CT molecular complexity index is 982. The minimum absolute atomic E-state index is 0.0590. The summed E-state index contributed by atoms with van der Waals surface area (Å²) in [6.07, 6.45) is -3.25. The van der Waals surface area contributed by atoms with E-state index >= 15 is 0 Å². The molecule has 0 fully saturated rings. The Hall–Kier alpha value is -4.24. The number of carboxylic acids is 2. The normalized spacial score (nSPS) is 14.9. The molecule has 15 nitrogen and oxygen atoms in total. The summed E-state index contributed by atoms with van der Waals surface area (Å²) in [4.78, 5) is 71.8. The van der Waals surface area contributed by atoms with Gasteiger partial charge in [0.2, 0.25) is 23.6 Å². The summed E-state index contributed by atoms with van der Waals surface area (Å²) < 4.78 is 0. The predicted molar refractivity (Wildman–Crippen MR) is 121 cm³/mol. The molecule has 0 aliphatic carbocycles. The van der Waals surface area contributed by atoms with Crippen molar-refractivity contribution in [1.29, 1.82) is 0 Å². The van der Waals surface area contributed by atoms with Gasteiger partial charge in [-0.1, -0.05) is 12.1 Å². The van der Waals surface area contributed by atoms with Crippen LogP contribution in [0.4, 0.5) is 0 Å². The molecule has 1 aromatic rings. The molecule has 1 aromatic carbocycles. The highest BCUT2D eigenvalue weighted by Crippen LogP contribution is 2.12. The maximum Gasteiger partial charge on any atom is 0.326 e. The molecule has 11 N–H and O–H groups in total. The molecule has 0 aliphatic heterocycles. The summed E-state index contributed by atoms with van der Waals surface area (Å²) >= 11 is 0. The first-order valence-electron chi connectivity index (χ1n) is 10.6. The average Bonchev–Trinajstić information content (AvgIpc) is 2.77. The third kappa shape index (κ3) is 9.94. The maximum absolute atomic E-state index is 12.7. The van der Waals surface area contributed by atoms with Gasteiger partial charge in [0, 0.05) is 6.42 Å². The van der Waals surface area contributed by atoms with Crippen molar-refractivity contribution in [3.8, 4) is 5.75 Å². The van der Waals surface area contributed by atoms with Gasteiger partial charge in [-0.25, -0.2) is 4.79 Å². The van der Waals surface area contributed by atoms with E-state index in [4.69, 9.17) is 16.6 Å². The fraction of sp³-hybridized carbons (Fsp3) is 0.429. The number of phenols is 1. The van der Waals surface area contributed by atoms with Crippen molar-refractivity contribution < 1.29 is 49.2 Å². The topological polar surface area (TPSA) is 271 Å². The van der Waals surface area contributed by atoms with Crippen LogP contribution in [-0.4, -0.2) is 86.3 Å². The Morgan fingerprint density at radius 3 is 1.75 bits per heavy atom. The molecule has 4 amide bonds. The van der Waals surface area contributed by atoms with Gasteiger partial charge in [-0.05, 0) is 24.6 Å². The number of hydrogen-bond acceptors (Lipinski definition) is 9. The van der Waals surface area contributed by atoms with E-state index in [1.807, 2.05) is 5.32 Å². The number of nitrogens with two attached hydrogens (primary N) is 2. The second-order valence-corrected chi connectivity index (χ2v) is 7.93. The standard InChI is InChI=1S/C21H29N5O10/c1-9(27)17(23)20(34)25-13(8-16(30)31)19(33)24-12(7-15(22)29)18(32)26-14(21(35)36)6-10-2-4-11(28)5-3-10/h2-5,9,12-14,17,27-28H,6-8,23H2,1H3,(H2,22,29)(H,24,33)(H,25,34)(H,26,32)(H,30,31)(H,35,36). The van der Waals surface area contributed by atoms with Crippen molar-refractivity contribution in [2.45, 2.75) is 56.5 Å². The molecule has 15 heteroatoms. The zero-order chi connectivity index (χ0) is 27.6. The smallest absolute Gasteiger partial charge is 0.326 e. The number of phenolic OH excluding ortho intramolecular Hbond substituents is 1. The molecule has 0 spiro atoms. The lowest BCUT2D eigenvalue weighted by Crippen LogP contribution is -2.59. The molecule has 5 unspecified atom stereocenters. The Balaban J connectivity index is 3.04. The van der Waals surface area contributed by atoms with Crippen LogP contribution >= 0.6 is 0 Å². The summed E-state index contributed by atoms with van der Waals surface area (Å²) in [5.41, 5.74) is 11.0. The molecule has 198 valence electrons. The van der Waals surface area contributed by atoms with E-state index in [-0.39, 0.29) is 12.2 Å². The van der Waals surface area contributed by atoms with E-state index in [0.29, 0.717) is 5.56 Å². The van der Waals surface area contributed by atoms with Crippen LogP contribution in [0.3, 0.4) is 0 Å². The fourth-order valence-electron chi connectivity index (χ4n) is 2.89. The molecular weight excluding hydrogens is 482 g/mol. The lowest BCUT2D eigenvalue weighted by atomic mass is 10.0. The number of hydrogen-bond donors (Lipinski definition) is 9. The third-order valence-corrected chi connectivity index (χ3v) is 4.86. The third-order valence-electron chi connectivity index (χ3n) is 4.86. The monoisotopic (exact) mass is 511 g/mol. The summed E-state index contributed by atoms with van der Waals surface area (Å²) in [7, 11) is 0. The molecule has 0 aromatic heterocycles. The van der Waals surface area contributed by atoms with Crippen LogP contribution in [0, 0.1) is 0 Å². The van der Waals surface area contributed by atoms with Gasteiger partial charge in [-0.2, -0.15) is 0 Å². The van der Waals surface area contributed by atoms with Crippen molar-refractivity contribution >= 4 is 35.6 Å². The molecule has 0 aliphatic rings. The highest BCUT2D eigenvalue weighted by atomic mass is 16.4. The lowest BCUT2D eigenvalue weighted by Gasteiger charge is -2.24. The van der Waals surface area contributed by atoms with Crippen LogP contribution in [0.5, 0.6) is 5.75 Å². The summed E-state index contributed by atoms with van der Waals surface area (Å²) in [5, 5.41) is 43.6. The zero-order valence-electron chi connectivity index (χ0n) is 19.2. The number of carbonyl (C=O) groups is 6. The van der Waals surface area contributed by atoms with Crippen LogP contribution < -0.4 is 27.4 Å². The minimum Gasteiger partial charge on any atom is -0.508 e. The van der Waals surface area contributed by atoms with Crippen LogP contribution in [0.2, 0.25) is 0 Å². The van der Waals surface area contributed by atoms with Crippen LogP contribution in [0.25, 0.3) is 0 Å². The van der Waals surface area contributed by atoms with E-state index in [2.05, 4.69) is 10.6 Å². The first kappa shape index (κ1) is 29.8. The van der Waals surface area contributed by atoms with Crippen LogP contribution in [-0.2, 0) is 35.2 Å². The SMILES string of the molecule is CC(O)C(N)C(=O)NC(CC(=O)O)C(=O)NC(CC(N)=O)C(=O)NC(Cc1ccc(O)cc1)C(=O)O. The lowest BCUT2D eigenvalue weighted by molar-refractivity contribution is -0.143. The molecule has 0 heterocycles. The number of aliphatic hydroxyl groups is 1. The average molecular weight is 511 g/mol. The van der Waals surface area contributed by atoms with E-state index in [0.717, 1.165) is 0 Å². The van der Waals surface area contributed by atoms with Crippen molar-refractivity contribution in [3.63, 3.8) is 0 Å². The molecule has 0 saturated carbocycles. The highest BCUT2D eigenvalue weighted by molar-refractivity contribution is 5.97. The van der Waals surface area contributed by atoms with Crippen molar-refractivity contribution in [2.24, 2.45) is 11.5 Å². The van der Waals surface area contributed by atoms with Crippen molar-refractivity contribution in [2.75, 3.05) is 0 Å². The minimum atomic E-state index is -1.75. The molecule has 0 bridgehead atoms. The summed E-state index contributed by atoms with van der Waals surface area (Å²) in [6, 6.07) is -0.985. The van der Waals surface area contributed by atoms with E-state index in [9.17, 15) is 44.1 Å². The largest absolute Gasteiger partial charge is 0.508 e. The van der Waals surface area contributed by atoms with Crippen molar-refractivity contribution in [1.82, 2.24) is 16.0 Å². The van der Waals surface area contributed by atoms with Gasteiger partial charge < -0.3 is 47.8 Å². The Morgan fingerprint density at radius 2 is 1.31 bits per heavy atom. The van der Waals surface area contributed by atoms with Gasteiger partial charge in [-0.3, -0.25) is 24.0 Å². The molecule has 5 atom stereocenters. The molecule has 0 saturated heterocycles. The highest BCUT2D eigenvalue weighted by Gasteiger charge is 2.32. The van der Waals surface area contributed by atoms with Crippen LogP contribution in [0.15, 0.2) is 24.3 Å². The first-order chi connectivity index (χ1) is 16.7. The quantitative estimate of drug-likeness (QED) is 0.118. The molecular formula is C21H29N5O10. The number of aromatic hydroxyl groups is 1. The number of nitrogens with one attached hydrogen (secondary N) is 3. The van der Waals surface area contributed by atoms with Gasteiger partial charge in [0.15, 0.2) is 0 Å². The summed E-state index contributed by atoms with van der Waals surface area (Å²) in [6.45, 7) is 1.20. The first-order valence-corrected chi connectivity index (χ1v) is 10.6. The fourth-order valence-corrected chi connectivity index (χ4v) is 2.89. The Kier molecular flexibility index (Phi) is 11.3. The van der Waals surface area contributed by atoms with E-state index in [1.54, 1.807) is 0 Å². The number of primary amides is 1. The number of aliphatic hydroxyl groups excluding tert-OH is 1. The summed E-state index contributed by atoms with van der Waals surface area (Å²) in [5.74, 6) is -7.42. The van der Waals surface area contributed by atoms with Crippen LogP contribution in [0.1, 0.15) is 25.3 Å². The Labute approximate surface area is 204 Å². The van der Waals surface area contributed by atoms with Gasteiger partial charge >= 0.3 is 11.9 Å². The van der Waals surface area contributed by atoms with E-state index < -0.39 is 78.7 Å². The maximum atomic E-state index is 12.7. The van der Waals surface area contributed by atoms with Gasteiger partial charge in [0.05, 0.1) is 18.9 Å². The zero-order valence-corrected chi connectivity index (χ0v) is 19.2. The number of amides is 4. The Morgan fingerprint density at radius 1 is 0.833 bits per heavy atom. The number of aliphatic carboxylic acids is 2. The van der Waals surface area contributed by atoms with Gasteiger partial charge in [0.25, 0.3) is 0 Å². The number of carbonyl (C=O) groups excluding carboxylic acids is 4. The second-order valence-electron chi connectivity index (χ2n) is 7.93.